The first-order chi connectivity index (χ1) is 17.5. The molecule has 1 N–H and O–H groups in total. The van der Waals surface area contributed by atoms with Gasteiger partial charge in [0.25, 0.3) is 11.5 Å². The van der Waals surface area contributed by atoms with Crippen molar-refractivity contribution in [3.05, 3.63) is 80.7 Å². The maximum absolute atomic E-state index is 13.8. The molecule has 1 amide bonds. The number of nitrogens with one attached hydrogen (secondary N) is 1. The Morgan fingerprint density at radius 2 is 2.00 bits per heavy atom. The largest absolute Gasteiger partial charge is 0.497 e. The second-order valence-electron chi connectivity index (χ2n) is 8.23. The fourth-order valence-electron chi connectivity index (χ4n) is 4.16. The number of thiophene rings is 1. The summed E-state index contributed by atoms with van der Waals surface area (Å²) in [5, 5.41) is 4.94. The molecule has 1 aliphatic carbocycles. The van der Waals surface area contributed by atoms with Gasteiger partial charge in [0.1, 0.15) is 16.4 Å². The molecule has 2 heterocycles. The number of hydrogen-bond donors (Lipinski definition) is 1. The molecule has 0 aliphatic heterocycles. The van der Waals surface area contributed by atoms with Crippen LogP contribution in [0.3, 0.4) is 0 Å². The lowest BCUT2D eigenvalue weighted by Crippen LogP contribution is -2.24. The summed E-state index contributed by atoms with van der Waals surface area (Å²) in [4.78, 5) is 33.0. The van der Waals surface area contributed by atoms with Gasteiger partial charge < -0.3 is 4.74 Å². The van der Waals surface area contributed by atoms with Crippen molar-refractivity contribution < 1.29 is 13.9 Å². The van der Waals surface area contributed by atoms with Crippen LogP contribution in [0.15, 0.2) is 63.6 Å². The lowest BCUT2D eigenvalue weighted by atomic mass is 9.97. The molecular formula is C26H23FN4O3S2. The normalized spacial score (nSPS) is 13.2. The van der Waals surface area contributed by atoms with Crippen LogP contribution < -0.4 is 15.7 Å². The Morgan fingerprint density at radius 3 is 2.78 bits per heavy atom. The number of hydrazone groups is 1. The van der Waals surface area contributed by atoms with Gasteiger partial charge in [-0.2, -0.15) is 5.10 Å². The van der Waals surface area contributed by atoms with Gasteiger partial charge in [-0.05, 0) is 61.6 Å². The van der Waals surface area contributed by atoms with E-state index in [0.29, 0.717) is 26.8 Å². The van der Waals surface area contributed by atoms with Crippen LogP contribution in [0.1, 0.15) is 28.8 Å². The average Bonchev–Trinajstić information content (AvgIpc) is 3.27. The van der Waals surface area contributed by atoms with Gasteiger partial charge in [0, 0.05) is 10.4 Å². The highest BCUT2D eigenvalue weighted by atomic mass is 32.2. The first-order valence-electron chi connectivity index (χ1n) is 11.5. The number of aryl methyl sites for hydroxylation is 2. The van der Waals surface area contributed by atoms with E-state index >= 15 is 0 Å². The van der Waals surface area contributed by atoms with E-state index in [9.17, 15) is 14.0 Å². The quantitative estimate of drug-likeness (QED) is 0.164. The number of aromatic nitrogens is 2. The number of hydrogen-bond acceptors (Lipinski definition) is 7. The van der Waals surface area contributed by atoms with Crippen LogP contribution in [-0.2, 0) is 17.6 Å². The summed E-state index contributed by atoms with van der Waals surface area (Å²) in [6, 6.07) is 13.3. The molecule has 0 saturated heterocycles. The van der Waals surface area contributed by atoms with Crippen molar-refractivity contribution in [2.45, 2.75) is 30.8 Å². The number of thioether (sulfide) groups is 1. The highest BCUT2D eigenvalue weighted by Crippen LogP contribution is 2.35. The summed E-state index contributed by atoms with van der Waals surface area (Å²) in [7, 11) is 1.58. The minimum Gasteiger partial charge on any atom is -0.497 e. The fourth-order valence-corrected chi connectivity index (χ4v) is 6.27. The third-order valence-electron chi connectivity index (χ3n) is 5.92. The number of fused-ring (bicyclic) bond motifs is 3. The monoisotopic (exact) mass is 522 g/mol. The van der Waals surface area contributed by atoms with E-state index in [4.69, 9.17) is 9.72 Å². The molecule has 0 bridgehead atoms. The Balaban J connectivity index is 1.44. The molecule has 0 spiro atoms. The van der Waals surface area contributed by atoms with Crippen molar-refractivity contribution in [3.8, 4) is 11.4 Å². The SMILES string of the molecule is COc1ccc(-n2c(SCC(=O)NN=Cc3ccccc3F)nc3sc4c(c3c2=O)CCCC4)cc1. The number of carbonyl (C=O) groups is 1. The summed E-state index contributed by atoms with van der Waals surface area (Å²) < 4.78 is 20.5. The second kappa shape index (κ2) is 10.6. The van der Waals surface area contributed by atoms with Crippen LogP contribution in [0.4, 0.5) is 4.39 Å². The standard InChI is InChI=1S/C26H23FN4O3S2/c1-34-18-12-10-17(11-13-18)31-25(33)23-19-7-3-5-9-21(19)36-24(23)29-26(31)35-15-22(32)30-28-14-16-6-2-4-8-20(16)27/h2,4,6,8,10-14H,3,5,7,9,15H2,1H3,(H,30,32). The molecule has 2 aromatic carbocycles. The van der Waals surface area contributed by atoms with Crippen molar-refractivity contribution in [1.29, 1.82) is 0 Å². The van der Waals surface area contributed by atoms with Crippen molar-refractivity contribution in [2.75, 3.05) is 12.9 Å². The van der Waals surface area contributed by atoms with E-state index in [-0.39, 0.29) is 16.9 Å². The van der Waals surface area contributed by atoms with Crippen molar-refractivity contribution >= 4 is 45.4 Å². The van der Waals surface area contributed by atoms with Crippen molar-refractivity contribution in [3.63, 3.8) is 0 Å². The summed E-state index contributed by atoms with van der Waals surface area (Å²) in [5.41, 5.74) is 4.30. The predicted molar refractivity (Wildman–Crippen MR) is 141 cm³/mol. The van der Waals surface area contributed by atoms with Gasteiger partial charge in [0.2, 0.25) is 0 Å². The summed E-state index contributed by atoms with van der Waals surface area (Å²) in [6.45, 7) is 0. The minimum atomic E-state index is -0.426. The van der Waals surface area contributed by atoms with Gasteiger partial charge in [0.15, 0.2) is 5.16 Å². The van der Waals surface area contributed by atoms with E-state index < -0.39 is 11.7 Å². The Labute approximate surface area is 215 Å². The predicted octanol–water partition coefficient (Wildman–Crippen LogP) is 4.72. The number of amides is 1. The van der Waals surface area contributed by atoms with Crippen LogP contribution in [-0.4, -0.2) is 34.5 Å². The summed E-state index contributed by atoms with van der Waals surface area (Å²) >= 11 is 2.72. The molecule has 184 valence electrons. The maximum atomic E-state index is 13.8. The van der Waals surface area contributed by atoms with E-state index in [0.717, 1.165) is 43.0 Å². The molecule has 10 heteroatoms. The Morgan fingerprint density at radius 1 is 1.22 bits per heavy atom. The van der Waals surface area contributed by atoms with Crippen LogP contribution in [0.2, 0.25) is 0 Å². The molecule has 0 atom stereocenters. The van der Waals surface area contributed by atoms with Gasteiger partial charge in [-0.25, -0.2) is 14.8 Å². The van der Waals surface area contributed by atoms with Gasteiger partial charge in [-0.1, -0.05) is 30.0 Å². The van der Waals surface area contributed by atoms with E-state index in [1.54, 1.807) is 65.5 Å². The Hall–Kier alpha value is -3.50. The number of nitrogens with zero attached hydrogens (tertiary/aromatic N) is 3. The molecule has 2 aromatic heterocycles. The number of carbonyl (C=O) groups excluding carboxylic acids is 1. The lowest BCUT2D eigenvalue weighted by Gasteiger charge is -2.14. The molecular weight excluding hydrogens is 499 g/mol. The average molecular weight is 523 g/mol. The number of benzene rings is 2. The highest BCUT2D eigenvalue weighted by Gasteiger charge is 2.23. The Kier molecular flexibility index (Phi) is 7.15. The smallest absolute Gasteiger partial charge is 0.267 e. The van der Waals surface area contributed by atoms with Gasteiger partial charge in [-0.3, -0.25) is 14.2 Å². The minimum absolute atomic E-state index is 0.0200. The Bertz CT molecular complexity index is 1510. The first kappa shape index (κ1) is 24.2. The van der Waals surface area contributed by atoms with Crippen LogP contribution in [0, 0.1) is 5.82 Å². The van der Waals surface area contributed by atoms with Gasteiger partial charge >= 0.3 is 0 Å². The van der Waals surface area contributed by atoms with Crippen molar-refractivity contribution in [2.24, 2.45) is 5.10 Å². The molecule has 7 nitrogen and oxygen atoms in total. The van der Waals surface area contributed by atoms with Crippen molar-refractivity contribution in [1.82, 2.24) is 15.0 Å². The lowest BCUT2D eigenvalue weighted by molar-refractivity contribution is -0.118. The third kappa shape index (κ3) is 4.91. The number of methoxy groups -OCH3 is 1. The molecule has 1 aliphatic rings. The zero-order chi connectivity index (χ0) is 25.1. The molecule has 4 aromatic rings. The number of halogens is 1. The molecule has 0 radical (unpaired) electrons. The van der Waals surface area contributed by atoms with Crippen LogP contribution >= 0.6 is 23.1 Å². The van der Waals surface area contributed by atoms with Crippen LogP contribution in [0.5, 0.6) is 5.75 Å². The third-order valence-corrected chi connectivity index (χ3v) is 8.04. The van der Waals surface area contributed by atoms with E-state index in [1.165, 1.54) is 17.2 Å². The molecule has 5 rings (SSSR count). The molecule has 0 saturated carbocycles. The molecule has 0 unspecified atom stereocenters. The second-order valence-corrected chi connectivity index (χ2v) is 10.3. The zero-order valence-corrected chi connectivity index (χ0v) is 21.1. The zero-order valence-electron chi connectivity index (χ0n) is 19.5. The number of ether oxygens (including phenoxy) is 1. The highest BCUT2D eigenvalue weighted by molar-refractivity contribution is 7.99. The first-order valence-corrected chi connectivity index (χ1v) is 13.3. The number of rotatable bonds is 7. The topological polar surface area (TPSA) is 85.6 Å². The van der Waals surface area contributed by atoms with Gasteiger partial charge in [0.05, 0.1) is 30.2 Å². The molecule has 36 heavy (non-hydrogen) atoms. The summed E-state index contributed by atoms with van der Waals surface area (Å²) in [6.07, 6.45) is 5.27. The van der Waals surface area contributed by atoms with E-state index in [1.807, 2.05) is 0 Å². The van der Waals surface area contributed by atoms with Gasteiger partial charge in [-0.15, -0.1) is 11.3 Å². The molecule has 0 fully saturated rings. The summed E-state index contributed by atoms with van der Waals surface area (Å²) in [5.74, 6) is -0.165. The van der Waals surface area contributed by atoms with Crippen LogP contribution in [0.25, 0.3) is 15.9 Å². The fraction of sp³-hybridized carbons (Fsp3) is 0.231. The maximum Gasteiger partial charge on any atom is 0.267 e. The van der Waals surface area contributed by atoms with E-state index in [2.05, 4.69) is 10.5 Å².